The molecule has 0 fully saturated rings. The molecule has 3 atom stereocenters. The van der Waals surface area contributed by atoms with Crippen LogP contribution in [0.1, 0.15) is 82.5 Å². The Morgan fingerprint density at radius 1 is 1.10 bits per heavy atom. The predicted molar refractivity (Wildman–Crippen MR) is 154 cm³/mol. The van der Waals surface area contributed by atoms with Crippen molar-refractivity contribution < 1.29 is 14.3 Å². The van der Waals surface area contributed by atoms with Gasteiger partial charge in [0.1, 0.15) is 0 Å². The van der Waals surface area contributed by atoms with Gasteiger partial charge in [-0.25, -0.2) is 0 Å². The van der Waals surface area contributed by atoms with Gasteiger partial charge in [0.05, 0.1) is 24.6 Å². The maximum Gasteiger partial charge on any atom is 0.254 e. The molecule has 5 rings (SSSR count). The molecule has 39 heavy (non-hydrogen) atoms. The van der Waals surface area contributed by atoms with Gasteiger partial charge in [-0.1, -0.05) is 67.1 Å². The zero-order valence-electron chi connectivity index (χ0n) is 22.7. The summed E-state index contributed by atoms with van der Waals surface area (Å²) in [6.45, 7) is 2.74. The van der Waals surface area contributed by atoms with Gasteiger partial charge in [-0.3, -0.25) is 9.59 Å². The summed E-state index contributed by atoms with van der Waals surface area (Å²) in [5.74, 6) is -0.700. The number of amides is 2. The molecule has 2 aromatic carbocycles. The smallest absolute Gasteiger partial charge is 0.254 e. The van der Waals surface area contributed by atoms with Crippen LogP contribution in [0.25, 0.3) is 6.08 Å². The summed E-state index contributed by atoms with van der Waals surface area (Å²) in [5.41, 5.74) is 5.67. The Bertz CT molecular complexity index is 1370. The molecule has 1 aliphatic carbocycles. The van der Waals surface area contributed by atoms with Crippen LogP contribution >= 0.6 is 0 Å². The molecule has 2 heterocycles. The van der Waals surface area contributed by atoms with Crippen molar-refractivity contribution in [1.29, 1.82) is 0 Å². The van der Waals surface area contributed by atoms with Gasteiger partial charge in [-0.05, 0) is 66.6 Å². The lowest BCUT2D eigenvalue weighted by Crippen LogP contribution is -2.48. The number of hydrogen-bond donors (Lipinski definition) is 2. The van der Waals surface area contributed by atoms with Gasteiger partial charge in [0.25, 0.3) is 5.91 Å². The number of benzene rings is 2. The minimum atomic E-state index is -0.561. The van der Waals surface area contributed by atoms with Crippen LogP contribution in [0.2, 0.25) is 0 Å². The number of ether oxygens (including phenoxy) is 1. The van der Waals surface area contributed by atoms with E-state index in [9.17, 15) is 9.59 Å². The van der Waals surface area contributed by atoms with Gasteiger partial charge >= 0.3 is 0 Å². The third kappa shape index (κ3) is 5.62. The van der Waals surface area contributed by atoms with Crippen molar-refractivity contribution in [2.24, 2.45) is 0 Å². The molecule has 0 saturated carbocycles. The number of carbonyl (C=O) groups excluding carboxylic acids is 2. The summed E-state index contributed by atoms with van der Waals surface area (Å²) in [6, 6.07) is 17.5. The first-order valence-corrected chi connectivity index (χ1v) is 13.9. The molecule has 0 saturated heterocycles. The van der Waals surface area contributed by atoms with E-state index in [0.717, 1.165) is 42.5 Å². The van der Waals surface area contributed by atoms with Crippen molar-refractivity contribution in [2.75, 3.05) is 20.3 Å². The van der Waals surface area contributed by atoms with E-state index < -0.39 is 12.0 Å². The van der Waals surface area contributed by atoms with Crippen molar-refractivity contribution in [1.82, 2.24) is 15.2 Å². The first-order chi connectivity index (χ1) is 19.1. The molecule has 2 aliphatic rings. The Hall–Kier alpha value is -3.90. The van der Waals surface area contributed by atoms with Gasteiger partial charge in [0.2, 0.25) is 5.91 Å². The molecule has 2 amide bonds. The largest absolute Gasteiger partial charge is 0.383 e. The molecule has 0 spiro atoms. The third-order valence-corrected chi connectivity index (χ3v) is 7.84. The van der Waals surface area contributed by atoms with E-state index in [1.54, 1.807) is 12.0 Å². The number of methoxy groups -OCH3 is 1. The van der Waals surface area contributed by atoms with E-state index in [1.807, 2.05) is 67.8 Å². The van der Waals surface area contributed by atoms with Crippen molar-refractivity contribution in [3.05, 3.63) is 113 Å². The van der Waals surface area contributed by atoms with E-state index in [0.29, 0.717) is 18.7 Å². The molecule has 1 aliphatic heterocycles. The Kier molecular flexibility index (Phi) is 8.42. The number of rotatable bonds is 8. The second-order valence-electron chi connectivity index (χ2n) is 10.3. The van der Waals surface area contributed by atoms with Crippen LogP contribution in [0.4, 0.5) is 0 Å². The fourth-order valence-corrected chi connectivity index (χ4v) is 5.98. The number of nitrogens with zero attached hydrogens (tertiary/aromatic N) is 1. The molecular weight excluding hydrogens is 486 g/mol. The highest BCUT2D eigenvalue weighted by Crippen LogP contribution is 2.43. The number of hydrogen-bond acceptors (Lipinski definition) is 3. The molecule has 6 nitrogen and oxygen atoms in total. The maximum absolute atomic E-state index is 14.4. The summed E-state index contributed by atoms with van der Waals surface area (Å²) in [6.07, 6.45) is 13.9. The number of aryl methyl sites for hydroxylation is 1. The highest BCUT2D eigenvalue weighted by molar-refractivity contribution is 6.01. The average molecular weight is 524 g/mol. The number of carbonyl (C=O) groups is 2. The standard InChI is InChI=1S/C33H37N3O3/c1-3-4-5-14-25-21-24(22-34-25)31-30(27-16-9-10-17-28(27)33(38)36(31)19-20-39-2)32(37)35-29-18-11-7-13-23-12-6-8-15-26(23)29/h3-6,8-10,12,14-17,21-22,29-31,34H,7,11,13,18-20H2,1-2H3,(H,35,37)/b4-3-,14-5-. The van der Waals surface area contributed by atoms with Crippen LogP contribution in [0, 0.1) is 0 Å². The van der Waals surface area contributed by atoms with Crippen LogP contribution in [0.5, 0.6) is 0 Å². The maximum atomic E-state index is 14.4. The van der Waals surface area contributed by atoms with E-state index >= 15 is 0 Å². The minimum Gasteiger partial charge on any atom is -0.383 e. The van der Waals surface area contributed by atoms with E-state index in [2.05, 4.69) is 34.6 Å². The van der Waals surface area contributed by atoms with Crippen LogP contribution in [-0.4, -0.2) is 42.0 Å². The normalized spacial score (nSPS) is 21.1. The molecule has 3 aromatic rings. The summed E-state index contributed by atoms with van der Waals surface area (Å²) < 4.78 is 5.38. The second-order valence-corrected chi connectivity index (χ2v) is 10.3. The summed E-state index contributed by atoms with van der Waals surface area (Å²) >= 11 is 0. The summed E-state index contributed by atoms with van der Waals surface area (Å²) in [7, 11) is 1.63. The fraction of sp³-hybridized carbons (Fsp3) is 0.333. The topological polar surface area (TPSA) is 74.4 Å². The SMILES string of the molecule is C/C=C\C=C/c1cc(C2C(C(=O)NC3CCCCc4ccccc43)c3ccccc3C(=O)N2CCOC)c[nH]1. The Balaban J connectivity index is 1.56. The molecule has 0 radical (unpaired) electrons. The lowest BCUT2D eigenvalue weighted by atomic mass is 9.79. The minimum absolute atomic E-state index is 0.0559. The third-order valence-electron chi connectivity index (χ3n) is 7.84. The fourth-order valence-electron chi connectivity index (χ4n) is 5.98. The van der Waals surface area contributed by atoms with Crippen molar-refractivity contribution >= 4 is 17.9 Å². The first-order valence-electron chi connectivity index (χ1n) is 13.9. The van der Waals surface area contributed by atoms with E-state index in [4.69, 9.17) is 4.74 Å². The lowest BCUT2D eigenvalue weighted by molar-refractivity contribution is -0.125. The number of nitrogens with one attached hydrogen (secondary N) is 2. The van der Waals surface area contributed by atoms with Crippen molar-refractivity contribution in [2.45, 2.75) is 50.6 Å². The first kappa shape index (κ1) is 26.7. The monoisotopic (exact) mass is 523 g/mol. The molecule has 6 heteroatoms. The second kappa shape index (κ2) is 12.3. The van der Waals surface area contributed by atoms with E-state index in [1.165, 1.54) is 11.1 Å². The van der Waals surface area contributed by atoms with Crippen LogP contribution < -0.4 is 5.32 Å². The van der Waals surface area contributed by atoms with Crippen LogP contribution in [0.15, 0.2) is 79.0 Å². The summed E-state index contributed by atoms with van der Waals surface area (Å²) in [4.78, 5) is 33.3. The quantitative estimate of drug-likeness (QED) is 0.276. The number of aromatic amines is 1. The molecule has 2 N–H and O–H groups in total. The molecule has 0 bridgehead atoms. The van der Waals surface area contributed by atoms with Crippen molar-refractivity contribution in [3.63, 3.8) is 0 Å². The number of H-pyrrole nitrogens is 1. The van der Waals surface area contributed by atoms with Crippen LogP contribution in [-0.2, 0) is 16.0 Å². The average Bonchev–Trinajstić information content (AvgIpc) is 3.33. The van der Waals surface area contributed by atoms with Gasteiger partial charge in [0.15, 0.2) is 0 Å². The van der Waals surface area contributed by atoms with Gasteiger partial charge < -0.3 is 19.9 Å². The predicted octanol–water partition coefficient (Wildman–Crippen LogP) is 6.12. The van der Waals surface area contributed by atoms with Crippen LogP contribution in [0.3, 0.4) is 0 Å². The summed E-state index contributed by atoms with van der Waals surface area (Å²) in [5, 5.41) is 3.42. The van der Waals surface area contributed by atoms with Gasteiger partial charge in [-0.15, -0.1) is 0 Å². The zero-order chi connectivity index (χ0) is 27.2. The Morgan fingerprint density at radius 2 is 1.90 bits per heavy atom. The molecule has 1 aromatic heterocycles. The number of fused-ring (bicyclic) bond motifs is 2. The molecule has 202 valence electrons. The highest BCUT2D eigenvalue weighted by atomic mass is 16.5. The van der Waals surface area contributed by atoms with Gasteiger partial charge in [-0.2, -0.15) is 0 Å². The Morgan fingerprint density at radius 3 is 2.72 bits per heavy atom. The molecular formula is C33H37N3O3. The van der Waals surface area contributed by atoms with Crippen molar-refractivity contribution in [3.8, 4) is 0 Å². The Labute approximate surface area is 230 Å². The lowest BCUT2D eigenvalue weighted by Gasteiger charge is -2.41. The molecule has 3 unspecified atom stereocenters. The van der Waals surface area contributed by atoms with E-state index in [-0.39, 0.29) is 17.9 Å². The highest BCUT2D eigenvalue weighted by Gasteiger charge is 2.44. The van der Waals surface area contributed by atoms with Gasteiger partial charge in [0, 0.05) is 31.1 Å². The zero-order valence-corrected chi connectivity index (χ0v) is 22.7. The number of aromatic nitrogens is 1. The number of allylic oxidation sites excluding steroid dienone is 3.